The Hall–Kier alpha value is -0.235. The van der Waals surface area contributed by atoms with Crippen molar-refractivity contribution in [3.8, 4) is 0 Å². The van der Waals surface area contributed by atoms with Crippen LogP contribution < -0.4 is 4.78 Å². The minimum atomic E-state index is 0.836. The van der Waals surface area contributed by atoms with Crippen LogP contribution in [0.5, 0.6) is 0 Å². The van der Waals surface area contributed by atoms with Gasteiger partial charge in [-0.05, 0) is 34.1 Å². The zero-order valence-electron chi connectivity index (χ0n) is 7.55. The van der Waals surface area contributed by atoms with Gasteiger partial charge in [0.15, 0.2) is 7.85 Å². The van der Waals surface area contributed by atoms with E-state index in [0.717, 1.165) is 5.92 Å². The SMILES string of the molecule is Bc1sccc1CC(C)CC. The lowest BCUT2D eigenvalue weighted by molar-refractivity contribution is 0.562. The molecule has 0 spiro atoms. The predicted octanol–water partition coefficient (Wildman–Crippen LogP) is 1.60. The molecule has 0 saturated heterocycles. The van der Waals surface area contributed by atoms with E-state index in [1.165, 1.54) is 17.6 Å². The lowest BCUT2D eigenvalue weighted by Crippen LogP contribution is -2.07. The van der Waals surface area contributed by atoms with Gasteiger partial charge in [-0.25, -0.2) is 0 Å². The fourth-order valence-corrected chi connectivity index (χ4v) is 1.88. The van der Waals surface area contributed by atoms with E-state index in [0.29, 0.717) is 0 Å². The van der Waals surface area contributed by atoms with Gasteiger partial charge in [-0.1, -0.05) is 20.3 Å². The van der Waals surface area contributed by atoms with Crippen LogP contribution in [0.1, 0.15) is 25.8 Å². The highest BCUT2D eigenvalue weighted by atomic mass is 32.1. The zero-order valence-corrected chi connectivity index (χ0v) is 8.37. The van der Waals surface area contributed by atoms with Crippen LogP contribution in [0.2, 0.25) is 0 Å². The maximum Gasteiger partial charge on any atom is 0.152 e. The molecular formula is C9H15BS. The summed E-state index contributed by atoms with van der Waals surface area (Å²) in [5.74, 6) is 0.836. The first-order valence-corrected chi connectivity index (χ1v) is 5.15. The van der Waals surface area contributed by atoms with Gasteiger partial charge in [0.2, 0.25) is 0 Å². The Morgan fingerprint density at radius 3 is 2.82 bits per heavy atom. The Morgan fingerprint density at radius 1 is 1.64 bits per heavy atom. The molecule has 1 unspecified atom stereocenters. The number of hydrogen-bond donors (Lipinski definition) is 0. The molecule has 60 valence electrons. The van der Waals surface area contributed by atoms with Crippen molar-refractivity contribution in [2.45, 2.75) is 26.7 Å². The largest absolute Gasteiger partial charge is 0.159 e. The Kier molecular flexibility index (Phi) is 3.19. The molecule has 0 radical (unpaired) electrons. The fourth-order valence-electron chi connectivity index (χ4n) is 1.14. The summed E-state index contributed by atoms with van der Waals surface area (Å²) in [6.07, 6.45) is 2.54. The van der Waals surface area contributed by atoms with Crippen LogP contribution in [0.15, 0.2) is 11.4 Å². The van der Waals surface area contributed by atoms with Gasteiger partial charge >= 0.3 is 0 Å². The Morgan fingerprint density at radius 2 is 2.36 bits per heavy atom. The molecule has 0 nitrogen and oxygen atoms in total. The van der Waals surface area contributed by atoms with Gasteiger partial charge in [0, 0.05) is 0 Å². The minimum Gasteiger partial charge on any atom is -0.159 e. The van der Waals surface area contributed by atoms with E-state index in [1.807, 2.05) is 11.3 Å². The fraction of sp³-hybridized carbons (Fsp3) is 0.556. The van der Waals surface area contributed by atoms with Gasteiger partial charge in [0.25, 0.3) is 0 Å². The minimum absolute atomic E-state index is 0.836. The summed E-state index contributed by atoms with van der Waals surface area (Å²) < 4.78 is 1.49. The molecule has 0 bridgehead atoms. The predicted molar refractivity (Wildman–Crippen MR) is 55.7 cm³/mol. The maximum atomic E-state index is 2.32. The second-order valence-corrected chi connectivity index (χ2v) is 4.34. The van der Waals surface area contributed by atoms with Gasteiger partial charge < -0.3 is 0 Å². The highest BCUT2D eigenvalue weighted by molar-refractivity contribution is 7.18. The molecule has 0 aliphatic rings. The second kappa shape index (κ2) is 3.96. The van der Waals surface area contributed by atoms with Crippen LogP contribution in [0, 0.1) is 5.92 Å². The van der Waals surface area contributed by atoms with Crippen molar-refractivity contribution in [3.63, 3.8) is 0 Å². The molecule has 11 heavy (non-hydrogen) atoms. The van der Waals surface area contributed by atoms with Crippen molar-refractivity contribution in [1.82, 2.24) is 0 Å². The molecule has 0 saturated carbocycles. The summed E-state index contributed by atoms with van der Waals surface area (Å²) >= 11 is 1.86. The van der Waals surface area contributed by atoms with Gasteiger partial charge in [-0.15, -0.1) is 0 Å². The molecule has 0 aliphatic heterocycles. The zero-order chi connectivity index (χ0) is 8.27. The average Bonchev–Trinajstić information content (AvgIpc) is 2.37. The van der Waals surface area contributed by atoms with Crippen LogP contribution in [-0.2, 0) is 6.42 Å². The second-order valence-electron chi connectivity index (χ2n) is 3.22. The van der Waals surface area contributed by atoms with E-state index < -0.39 is 0 Å². The van der Waals surface area contributed by atoms with E-state index in [9.17, 15) is 0 Å². The van der Waals surface area contributed by atoms with Crippen molar-refractivity contribution < 1.29 is 0 Å². The monoisotopic (exact) mass is 166 g/mol. The Balaban J connectivity index is 2.56. The van der Waals surface area contributed by atoms with Crippen LogP contribution in [0.3, 0.4) is 0 Å². The maximum absolute atomic E-state index is 2.32. The summed E-state index contributed by atoms with van der Waals surface area (Å²) in [5.41, 5.74) is 1.55. The molecule has 0 N–H and O–H groups in total. The van der Waals surface area contributed by atoms with E-state index in [1.54, 1.807) is 5.56 Å². The number of hydrogen-bond acceptors (Lipinski definition) is 1. The molecule has 0 aromatic carbocycles. The normalized spacial score (nSPS) is 13.3. The number of rotatable bonds is 3. The average molecular weight is 166 g/mol. The molecule has 1 rings (SSSR count). The first-order chi connectivity index (χ1) is 5.24. The summed E-state index contributed by atoms with van der Waals surface area (Å²) in [6.45, 7) is 4.57. The lowest BCUT2D eigenvalue weighted by Gasteiger charge is -2.06. The summed E-state index contributed by atoms with van der Waals surface area (Å²) in [6, 6.07) is 2.26. The number of thiophene rings is 1. The first kappa shape index (κ1) is 8.86. The highest BCUT2D eigenvalue weighted by Crippen LogP contribution is 2.11. The Bertz CT molecular complexity index is 217. The molecule has 2 heteroatoms. The summed E-state index contributed by atoms with van der Waals surface area (Å²) in [4.78, 5) is 0. The van der Waals surface area contributed by atoms with Crippen molar-refractivity contribution >= 4 is 24.0 Å². The summed E-state index contributed by atoms with van der Waals surface area (Å²) in [5, 5.41) is 2.19. The topological polar surface area (TPSA) is 0 Å². The molecular weight excluding hydrogens is 151 g/mol. The molecule has 0 aliphatic carbocycles. The van der Waals surface area contributed by atoms with Crippen molar-refractivity contribution in [2.75, 3.05) is 0 Å². The van der Waals surface area contributed by atoms with Crippen molar-refractivity contribution in [2.24, 2.45) is 5.92 Å². The van der Waals surface area contributed by atoms with Crippen LogP contribution in [-0.4, -0.2) is 7.85 Å². The highest BCUT2D eigenvalue weighted by Gasteiger charge is 2.03. The molecule has 0 fully saturated rings. The van der Waals surface area contributed by atoms with Crippen molar-refractivity contribution in [3.05, 3.63) is 17.0 Å². The standard InChI is InChI=1S/C9H15BS/c1-3-7(2)6-8-4-5-11-9(8)10/h4-5,7H,3,6,10H2,1-2H3. The molecule has 1 heterocycles. The van der Waals surface area contributed by atoms with Crippen LogP contribution in [0.25, 0.3) is 0 Å². The summed E-state index contributed by atoms with van der Waals surface area (Å²) in [7, 11) is 2.21. The molecule has 1 aromatic heterocycles. The van der Waals surface area contributed by atoms with Gasteiger partial charge in [0.1, 0.15) is 0 Å². The Labute approximate surface area is 74.0 Å². The van der Waals surface area contributed by atoms with Crippen LogP contribution in [0.4, 0.5) is 0 Å². The van der Waals surface area contributed by atoms with Crippen molar-refractivity contribution in [1.29, 1.82) is 0 Å². The van der Waals surface area contributed by atoms with Crippen LogP contribution >= 0.6 is 11.3 Å². The van der Waals surface area contributed by atoms with E-state index in [4.69, 9.17) is 0 Å². The molecule has 1 aromatic rings. The van der Waals surface area contributed by atoms with Gasteiger partial charge in [-0.2, -0.15) is 11.3 Å². The van der Waals surface area contributed by atoms with Gasteiger partial charge in [0.05, 0.1) is 0 Å². The first-order valence-electron chi connectivity index (χ1n) is 4.27. The third kappa shape index (κ3) is 2.37. The van der Waals surface area contributed by atoms with E-state index in [2.05, 4.69) is 33.1 Å². The van der Waals surface area contributed by atoms with Gasteiger partial charge in [-0.3, -0.25) is 0 Å². The van der Waals surface area contributed by atoms with E-state index >= 15 is 0 Å². The quantitative estimate of drug-likeness (QED) is 0.598. The molecule has 0 amide bonds. The molecule has 1 atom stereocenters. The smallest absolute Gasteiger partial charge is 0.152 e. The third-order valence-electron chi connectivity index (χ3n) is 2.23. The third-order valence-corrected chi connectivity index (χ3v) is 3.12. The lowest BCUT2D eigenvalue weighted by atomic mass is 9.94. The van der Waals surface area contributed by atoms with E-state index in [-0.39, 0.29) is 0 Å².